The lowest BCUT2D eigenvalue weighted by molar-refractivity contribution is -0.207. The number of aromatic nitrogens is 3. The maximum atomic E-state index is 11.8. The molecular weight excluding hydrogens is 534 g/mol. The average Bonchev–Trinajstić information content (AvgIpc) is 3.49. The predicted molar refractivity (Wildman–Crippen MR) is 153 cm³/mol. The van der Waals surface area contributed by atoms with Crippen LogP contribution >= 0.6 is 11.6 Å². The van der Waals surface area contributed by atoms with Crippen LogP contribution in [0.15, 0.2) is 36.8 Å². The molecule has 4 heterocycles. The summed E-state index contributed by atoms with van der Waals surface area (Å²) in [5.74, 6) is -0.816. The van der Waals surface area contributed by atoms with E-state index in [1.807, 2.05) is 49.7 Å². The predicted octanol–water partition coefficient (Wildman–Crippen LogP) is 6.11. The Hall–Kier alpha value is -1.85. The highest BCUT2D eigenvalue weighted by atomic mass is 35.5. The molecule has 10 heteroatoms. The van der Waals surface area contributed by atoms with E-state index in [-0.39, 0.29) is 5.04 Å². The molecule has 0 spiro atoms. The molecular formula is C29H40ClN3O5Si. The number of aryl methyl sites for hydroxylation is 1. The van der Waals surface area contributed by atoms with Gasteiger partial charge in [0.2, 0.25) is 0 Å². The first kappa shape index (κ1) is 28.7. The lowest BCUT2D eigenvalue weighted by Crippen LogP contribution is -2.41. The molecule has 8 nitrogen and oxygen atoms in total. The number of aliphatic hydroxyl groups excluding tert-OH is 1. The Labute approximate surface area is 236 Å². The summed E-state index contributed by atoms with van der Waals surface area (Å²) in [7, 11) is -1.91. The summed E-state index contributed by atoms with van der Waals surface area (Å²) in [6.07, 6.45) is 1.06. The van der Waals surface area contributed by atoms with E-state index in [4.69, 9.17) is 30.2 Å². The van der Waals surface area contributed by atoms with Crippen molar-refractivity contribution < 1.29 is 23.7 Å². The Morgan fingerprint density at radius 2 is 1.87 bits per heavy atom. The number of ether oxygens (including phenoxy) is 3. The van der Waals surface area contributed by atoms with Crippen molar-refractivity contribution in [2.75, 3.05) is 6.61 Å². The van der Waals surface area contributed by atoms with E-state index in [2.05, 4.69) is 43.8 Å². The summed E-state index contributed by atoms with van der Waals surface area (Å²) < 4.78 is 27.6. The van der Waals surface area contributed by atoms with E-state index in [0.717, 1.165) is 27.9 Å². The first-order chi connectivity index (χ1) is 18.2. The second kappa shape index (κ2) is 10.2. The Kier molecular flexibility index (Phi) is 7.50. The zero-order valence-electron chi connectivity index (χ0n) is 24.1. The van der Waals surface area contributed by atoms with Gasteiger partial charge in [-0.1, -0.05) is 38.4 Å². The van der Waals surface area contributed by atoms with Crippen LogP contribution in [0.1, 0.15) is 63.8 Å². The van der Waals surface area contributed by atoms with E-state index in [9.17, 15) is 5.11 Å². The van der Waals surface area contributed by atoms with E-state index >= 15 is 0 Å². The van der Waals surface area contributed by atoms with Crippen molar-refractivity contribution in [1.29, 1.82) is 0 Å². The molecule has 1 unspecified atom stereocenters. The second-order valence-corrected chi connectivity index (χ2v) is 17.9. The largest absolute Gasteiger partial charge is 0.416 e. The summed E-state index contributed by atoms with van der Waals surface area (Å²) in [4.78, 5) is 8.82. The molecule has 2 aliphatic rings. The van der Waals surface area contributed by atoms with Crippen molar-refractivity contribution >= 4 is 31.0 Å². The molecule has 0 aliphatic carbocycles. The molecule has 0 amide bonds. The van der Waals surface area contributed by atoms with Crippen LogP contribution in [-0.4, -0.2) is 58.7 Å². The van der Waals surface area contributed by atoms with Gasteiger partial charge >= 0.3 is 0 Å². The fourth-order valence-electron chi connectivity index (χ4n) is 5.28. The molecule has 2 aliphatic heterocycles. The molecule has 39 heavy (non-hydrogen) atoms. The summed E-state index contributed by atoms with van der Waals surface area (Å²) in [5.41, 5.74) is 3.33. The molecule has 5 atom stereocenters. The highest BCUT2D eigenvalue weighted by Gasteiger charge is 2.58. The van der Waals surface area contributed by atoms with Gasteiger partial charge in [-0.15, -0.1) is 0 Å². The van der Waals surface area contributed by atoms with Gasteiger partial charge in [0.15, 0.2) is 20.3 Å². The van der Waals surface area contributed by atoms with Crippen LogP contribution in [0.2, 0.25) is 23.2 Å². The van der Waals surface area contributed by atoms with Gasteiger partial charge in [-0.3, -0.25) is 0 Å². The van der Waals surface area contributed by atoms with Gasteiger partial charge in [-0.25, -0.2) is 9.97 Å². The number of aliphatic hydroxyl groups is 1. The van der Waals surface area contributed by atoms with Crippen molar-refractivity contribution in [3.05, 3.63) is 58.6 Å². The third-order valence-corrected chi connectivity index (χ3v) is 13.2. The number of nitrogens with zero attached hydrogens (tertiary/aromatic N) is 3. The normalized spacial score (nSPS) is 25.8. The van der Waals surface area contributed by atoms with Crippen molar-refractivity contribution in [3.63, 3.8) is 0 Å². The molecule has 0 bridgehead atoms. The van der Waals surface area contributed by atoms with Crippen LogP contribution in [0, 0.1) is 6.92 Å². The minimum absolute atomic E-state index is 0.115. The van der Waals surface area contributed by atoms with E-state index in [1.165, 1.54) is 0 Å². The monoisotopic (exact) mass is 573 g/mol. The topological polar surface area (TPSA) is 87.9 Å². The lowest BCUT2D eigenvalue weighted by Gasteiger charge is -2.36. The third-order valence-electron chi connectivity index (χ3n) is 8.42. The van der Waals surface area contributed by atoms with Crippen LogP contribution in [0.3, 0.4) is 0 Å². The third kappa shape index (κ3) is 5.42. The molecule has 1 N–H and O–H groups in total. The van der Waals surface area contributed by atoms with Crippen LogP contribution < -0.4 is 0 Å². The van der Waals surface area contributed by atoms with E-state index in [1.54, 1.807) is 12.4 Å². The fourth-order valence-corrected chi connectivity index (χ4v) is 6.52. The Bertz CT molecular complexity index is 1350. The number of fused-ring (bicyclic) bond motifs is 2. The van der Waals surface area contributed by atoms with Crippen LogP contribution in [0.4, 0.5) is 0 Å². The Morgan fingerprint density at radius 3 is 2.59 bits per heavy atom. The number of rotatable bonds is 7. The SMILES string of the molecule is Cc1ncnc2c1ccn2[C@@H]1O[C@H](C(O)c2ccc(Cl)cc2CCO[Si](C)(C)C(C)(C)C)[C@H]2OC(C)(C)O[C@H]21. The number of benzene rings is 1. The summed E-state index contributed by atoms with van der Waals surface area (Å²) >= 11 is 6.40. The average molecular weight is 574 g/mol. The molecule has 2 saturated heterocycles. The Morgan fingerprint density at radius 1 is 1.15 bits per heavy atom. The molecule has 0 radical (unpaired) electrons. The summed E-state index contributed by atoms with van der Waals surface area (Å²) in [6, 6.07) is 7.57. The highest BCUT2D eigenvalue weighted by Crippen LogP contribution is 2.47. The van der Waals surface area contributed by atoms with Crippen LogP contribution in [0.25, 0.3) is 11.0 Å². The Balaban J connectivity index is 1.43. The van der Waals surface area contributed by atoms with Crippen molar-refractivity contribution in [1.82, 2.24) is 14.5 Å². The first-order valence-corrected chi connectivity index (χ1v) is 16.9. The quantitative estimate of drug-likeness (QED) is 0.341. The maximum Gasteiger partial charge on any atom is 0.191 e. The molecule has 3 aromatic rings. The molecule has 2 fully saturated rings. The highest BCUT2D eigenvalue weighted by molar-refractivity contribution is 6.74. The van der Waals surface area contributed by atoms with Crippen LogP contribution in [0.5, 0.6) is 0 Å². The van der Waals surface area contributed by atoms with Gasteiger partial charge in [-0.2, -0.15) is 0 Å². The zero-order chi connectivity index (χ0) is 28.3. The standard InChI is InChI=1S/C29H40ClN3O5Si/c1-17-20-11-13-33(26(20)32-16-31-17)27-25-24(37-29(5,6)38-25)23(36-27)22(34)21-10-9-19(30)15-18(21)12-14-35-39(7,8)28(2,3)4/h9-11,13,15-16,22-25,27,34H,12,14H2,1-8H3/t22?,23-,24-,25-,27-/m1/s1. The minimum Gasteiger partial charge on any atom is -0.416 e. The van der Waals surface area contributed by atoms with Crippen molar-refractivity contribution in [2.24, 2.45) is 0 Å². The van der Waals surface area contributed by atoms with Gasteiger partial charge in [0.25, 0.3) is 0 Å². The number of halogens is 1. The molecule has 5 rings (SSSR count). The minimum atomic E-state index is -1.91. The molecule has 2 aromatic heterocycles. The van der Waals surface area contributed by atoms with Gasteiger partial charge in [0.1, 0.15) is 36.4 Å². The number of hydrogen-bond acceptors (Lipinski definition) is 7. The zero-order valence-corrected chi connectivity index (χ0v) is 25.8. The van der Waals surface area contributed by atoms with Gasteiger partial charge in [-0.05, 0) is 74.7 Å². The smallest absolute Gasteiger partial charge is 0.191 e. The van der Waals surface area contributed by atoms with Gasteiger partial charge < -0.3 is 28.3 Å². The first-order valence-electron chi connectivity index (χ1n) is 13.6. The van der Waals surface area contributed by atoms with Crippen molar-refractivity contribution in [3.8, 4) is 0 Å². The number of hydrogen-bond donors (Lipinski definition) is 1. The van der Waals surface area contributed by atoms with Crippen molar-refractivity contribution in [2.45, 2.75) is 103 Å². The van der Waals surface area contributed by atoms with E-state index in [0.29, 0.717) is 18.1 Å². The fraction of sp³-hybridized carbons (Fsp3) is 0.586. The van der Waals surface area contributed by atoms with Gasteiger partial charge in [0, 0.05) is 23.2 Å². The van der Waals surface area contributed by atoms with Crippen LogP contribution in [-0.2, 0) is 25.1 Å². The van der Waals surface area contributed by atoms with Gasteiger partial charge in [0.05, 0.1) is 5.69 Å². The molecule has 1 aromatic carbocycles. The molecule has 212 valence electrons. The summed E-state index contributed by atoms with van der Waals surface area (Å²) in [6.45, 7) is 17.4. The van der Waals surface area contributed by atoms with E-state index < -0.39 is 44.7 Å². The maximum absolute atomic E-state index is 11.8. The lowest BCUT2D eigenvalue weighted by atomic mass is 9.94. The second-order valence-electron chi connectivity index (χ2n) is 12.6. The molecule has 0 saturated carbocycles. The summed E-state index contributed by atoms with van der Waals surface area (Å²) in [5, 5.41) is 13.5.